The fraction of sp³-hybridized carbons (Fsp3) is 0.409. The molecule has 2 aromatic rings. The summed E-state index contributed by atoms with van der Waals surface area (Å²) >= 11 is 0. The number of carbonyl (C=O) groups excluding carboxylic acids is 1. The highest BCUT2D eigenvalue weighted by Crippen LogP contribution is 2.40. The third kappa shape index (κ3) is 4.87. The average molecular weight is 388 g/mol. The summed E-state index contributed by atoms with van der Waals surface area (Å²) in [6.07, 6.45) is 4.53. The summed E-state index contributed by atoms with van der Waals surface area (Å²) in [4.78, 5) is 12.6. The minimum atomic E-state index is -2.94. The first kappa shape index (κ1) is 20.3. The number of nitrogens with one attached hydrogen (secondary N) is 2. The van der Waals surface area contributed by atoms with E-state index in [4.69, 9.17) is 0 Å². The zero-order chi connectivity index (χ0) is 20.0. The molecular weight excluding hydrogens is 362 g/mol. The highest BCUT2D eigenvalue weighted by Gasteiger charge is 2.35. The number of alkyl halides is 2. The molecule has 0 spiro atoms. The van der Waals surface area contributed by atoms with E-state index in [2.05, 4.69) is 27.5 Å². The first-order chi connectivity index (χ1) is 13.5. The minimum Gasteiger partial charge on any atom is -0.433 e. The maximum atomic E-state index is 12.6. The fourth-order valence-corrected chi connectivity index (χ4v) is 3.86. The Labute approximate surface area is 164 Å². The molecule has 0 heterocycles. The second-order valence-electron chi connectivity index (χ2n) is 7.32. The van der Waals surface area contributed by atoms with Crippen LogP contribution in [-0.4, -0.2) is 25.1 Å². The van der Waals surface area contributed by atoms with Crippen LogP contribution in [0.4, 0.5) is 14.5 Å². The second kappa shape index (κ2) is 9.15. The van der Waals surface area contributed by atoms with Crippen LogP contribution in [0.3, 0.4) is 0 Å². The van der Waals surface area contributed by atoms with Gasteiger partial charge in [0, 0.05) is 12.0 Å². The molecule has 150 valence electrons. The van der Waals surface area contributed by atoms with Crippen molar-refractivity contribution in [1.82, 2.24) is 5.32 Å². The molecule has 1 fully saturated rings. The number of hydrogen-bond acceptors (Lipinski definition) is 3. The molecule has 0 aromatic heterocycles. The Bertz CT molecular complexity index is 777. The smallest absolute Gasteiger partial charge is 0.387 e. The van der Waals surface area contributed by atoms with Crippen molar-refractivity contribution >= 4 is 11.6 Å². The van der Waals surface area contributed by atoms with E-state index in [0.717, 1.165) is 12.8 Å². The van der Waals surface area contributed by atoms with Crippen LogP contribution < -0.4 is 15.4 Å². The van der Waals surface area contributed by atoms with Crippen molar-refractivity contribution < 1.29 is 18.3 Å². The summed E-state index contributed by atoms with van der Waals surface area (Å²) in [6.45, 7) is -0.470. The molecule has 1 saturated carbocycles. The van der Waals surface area contributed by atoms with Crippen molar-refractivity contribution in [3.8, 4) is 5.75 Å². The van der Waals surface area contributed by atoms with Crippen LogP contribution >= 0.6 is 0 Å². The molecule has 0 aliphatic heterocycles. The molecule has 1 aliphatic carbocycles. The van der Waals surface area contributed by atoms with E-state index in [-0.39, 0.29) is 22.8 Å². The van der Waals surface area contributed by atoms with Gasteiger partial charge in [-0.1, -0.05) is 55.3 Å². The Hall–Kier alpha value is -2.47. The highest BCUT2D eigenvalue weighted by molar-refractivity contribution is 5.95. The Kier molecular flexibility index (Phi) is 6.62. The number of para-hydroxylation sites is 2. The Morgan fingerprint density at radius 3 is 2.39 bits per heavy atom. The summed E-state index contributed by atoms with van der Waals surface area (Å²) in [5, 5.41) is 6.03. The predicted octanol–water partition coefficient (Wildman–Crippen LogP) is 4.72. The Balaban J connectivity index is 1.63. The van der Waals surface area contributed by atoms with Crippen LogP contribution in [-0.2, 0) is 10.2 Å². The molecule has 1 aliphatic rings. The van der Waals surface area contributed by atoms with Crippen molar-refractivity contribution in [2.45, 2.75) is 50.7 Å². The lowest BCUT2D eigenvalue weighted by Crippen LogP contribution is -2.45. The Morgan fingerprint density at radius 2 is 1.71 bits per heavy atom. The summed E-state index contributed by atoms with van der Waals surface area (Å²) in [5.41, 5.74) is 1.57. The number of hydrogen-bond donors (Lipinski definition) is 2. The summed E-state index contributed by atoms with van der Waals surface area (Å²) in [7, 11) is 0. The minimum absolute atomic E-state index is 0.0342. The molecule has 2 N–H and O–H groups in total. The molecule has 0 radical (unpaired) electrons. The third-order valence-electron chi connectivity index (χ3n) is 5.45. The third-order valence-corrected chi connectivity index (χ3v) is 5.45. The van der Waals surface area contributed by atoms with Crippen LogP contribution in [0.25, 0.3) is 0 Å². The number of ether oxygens (including phenoxy) is 1. The van der Waals surface area contributed by atoms with Gasteiger partial charge < -0.3 is 15.4 Å². The molecule has 4 nitrogen and oxygen atoms in total. The normalized spacial score (nSPS) is 16.7. The number of amides is 1. The quantitative estimate of drug-likeness (QED) is 0.688. The molecule has 28 heavy (non-hydrogen) atoms. The zero-order valence-corrected chi connectivity index (χ0v) is 16.0. The second-order valence-corrected chi connectivity index (χ2v) is 7.32. The van der Waals surface area contributed by atoms with E-state index in [9.17, 15) is 13.6 Å². The lowest BCUT2D eigenvalue weighted by Gasteiger charge is -2.31. The van der Waals surface area contributed by atoms with Gasteiger partial charge in [-0.15, -0.1) is 0 Å². The molecule has 2 aromatic carbocycles. The molecule has 6 heteroatoms. The maximum Gasteiger partial charge on any atom is 0.387 e. The predicted molar refractivity (Wildman–Crippen MR) is 106 cm³/mol. The number of rotatable bonds is 8. The van der Waals surface area contributed by atoms with Crippen molar-refractivity contribution in [2.24, 2.45) is 0 Å². The van der Waals surface area contributed by atoms with E-state index in [0.29, 0.717) is 6.54 Å². The van der Waals surface area contributed by atoms with Gasteiger partial charge >= 0.3 is 6.61 Å². The topological polar surface area (TPSA) is 50.4 Å². The van der Waals surface area contributed by atoms with Gasteiger partial charge in [-0.05, 0) is 37.5 Å². The van der Waals surface area contributed by atoms with Crippen molar-refractivity contribution in [3.63, 3.8) is 0 Å². The van der Waals surface area contributed by atoms with Crippen LogP contribution in [0, 0.1) is 0 Å². The van der Waals surface area contributed by atoms with Gasteiger partial charge in [0.2, 0.25) is 5.91 Å². The number of anilines is 1. The average Bonchev–Trinajstić information content (AvgIpc) is 3.18. The van der Waals surface area contributed by atoms with Crippen LogP contribution in [0.1, 0.15) is 38.2 Å². The van der Waals surface area contributed by atoms with E-state index in [1.165, 1.54) is 24.5 Å². The first-order valence-corrected chi connectivity index (χ1v) is 9.64. The van der Waals surface area contributed by atoms with E-state index in [1.807, 2.05) is 18.2 Å². The Morgan fingerprint density at radius 1 is 1.07 bits per heavy atom. The molecule has 3 rings (SSSR count). The number of benzene rings is 2. The zero-order valence-electron chi connectivity index (χ0n) is 16.0. The van der Waals surface area contributed by atoms with Gasteiger partial charge in [-0.2, -0.15) is 8.78 Å². The molecular formula is C22H26F2N2O2. The van der Waals surface area contributed by atoms with Crippen LogP contribution in [0.15, 0.2) is 54.6 Å². The van der Waals surface area contributed by atoms with Gasteiger partial charge in [-0.25, -0.2) is 0 Å². The standard InChI is InChI=1S/C22H26F2N2O2/c1-16(20(27)26-18-11-5-6-12-19(18)28-21(23)24)25-15-22(13-7-8-14-22)17-9-3-2-4-10-17/h2-6,9-12,16,21,25H,7-8,13-15H2,1H3,(H,26,27). The van der Waals surface area contributed by atoms with Crippen molar-refractivity contribution in [2.75, 3.05) is 11.9 Å². The highest BCUT2D eigenvalue weighted by atomic mass is 19.3. The first-order valence-electron chi connectivity index (χ1n) is 9.64. The molecule has 1 atom stereocenters. The van der Waals surface area contributed by atoms with Gasteiger partial charge in [0.05, 0.1) is 11.7 Å². The van der Waals surface area contributed by atoms with Crippen molar-refractivity contribution in [3.05, 3.63) is 60.2 Å². The lowest BCUT2D eigenvalue weighted by atomic mass is 9.78. The number of carbonyl (C=O) groups is 1. The molecule has 0 saturated heterocycles. The number of halogens is 2. The maximum absolute atomic E-state index is 12.6. The summed E-state index contributed by atoms with van der Waals surface area (Å²) in [5.74, 6) is -0.332. The van der Waals surface area contributed by atoms with E-state index in [1.54, 1.807) is 25.1 Å². The van der Waals surface area contributed by atoms with Gasteiger partial charge in [0.1, 0.15) is 5.75 Å². The summed E-state index contributed by atoms with van der Waals surface area (Å²) < 4.78 is 29.6. The molecule has 0 bridgehead atoms. The van der Waals surface area contributed by atoms with Crippen LogP contribution in [0.5, 0.6) is 5.75 Å². The lowest BCUT2D eigenvalue weighted by molar-refractivity contribution is -0.117. The van der Waals surface area contributed by atoms with E-state index < -0.39 is 12.7 Å². The summed E-state index contributed by atoms with van der Waals surface area (Å²) in [6, 6.07) is 16.1. The van der Waals surface area contributed by atoms with Gasteiger partial charge in [0.15, 0.2) is 0 Å². The monoisotopic (exact) mass is 388 g/mol. The largest absolute Gasteiger partial charge is 0.433 e. The van der Waals surface area contributed by atoms with Gasteiger partial charge in [-0.3, -0.25) is 4.79 Å². The van der Waals surface area contributed by atoms with Crippen molar-refractivity contribution in [1.29, 1.82) is 0 Å². The fourth-order valence-electron chi connectivity index (χ4n) is 3.86. The van der Waals surface area contributed by atoms with Crippen LogP contribution in [0.2, 0.25) is 0 Å². The van der Waals surface area contributed by atoms with E-state index >= 15 is 0 Å². The molecule has 1 amide bonds. The van der Waals surface area contributed by atoms with Gasteiger partial charge in [0.25, 0.3) is 0 Å². The molecule has 1 unspecified atom stereocenters. The SMILES string of the molecule is CC(NCC1(c2ccccc2)CCCC1)C(=O)Nc1ccccc1OC(F)F.